The normalized spacial score (nSPS) is 11.7. The molecule has 0 unspecified atom stereocenters. The Morgan fingerprint density at radius 2 is 1.95 bits per heavy atom. The lowest BCUT2D eigenvalue weighted by Crippen LogP contribution is -2.12. The van der Waals surface area contributed by atoms with Gasteiger partial charge in [0, 0.05) is 11.9 Å². The number of rotatable bonds is 3. The van der Waals surface area contributed by atoms with Gasteiger partial charge in [-0.05, 0) is 25.1 Å². The van der Waals surface area contributed by atoms with Crippen LogP contribution >= 0.6 is 0 Å². The molecule has 1 aromatic carbocycles. The lowest BCUT2D eigenvalue weighted by Gasteiger charge is -2.05. The summed E-state index contributed by atoms with van der Waals surface area (Å²) in [5, 5.41) is 6.11. The number of H-pyrrole nitrogens is 1. The number of fused-ring (bicyclic) bond motifs is 1. The summed E-state index contributed by atoms with van der Waals surface area (Å²) >= 11 is 0. The van der Waals surface area contributed by atoms with E-state index in [1.807, 2.05) is 0 Å². The van der Waals surface area contributed by atoms with Crippen LogP contribution in [0.1, 0.15) is 5.82 Å². The van der Waals surface area contributed by atoms with Crippen molar-refractivity contribution in [1.29, 1.82) is 0 Å². The Hall–Kier alpha value is -2.61. The van der Waals surface area contributed by atoms with Crippen LogP contribution in [-0.4, -0.2) is 23.0 Å². The number of nitrogens with zero attached hydrogens (tertiary/aromatic N) is 2. The molecule has 0 fully saturated rings. The number of aromatic nitrogens is 3. The molecule has 0 radical (unpaired) electrons. The average molecular weight is 304 g/mol. The van der Waals surface area contributed by atoms with Crippen LogP contribution < -0.4 is 10.3 Å². The maximum absolute atomic E-state index is 12.3. The molecule has 108 valence electrons. The van der Waals surface area contributed by atoms with Crippen molar-refractivity contribution in [2.45, 2.75) is 11.8 Å². The first-order valence-corrected chi connectivity index (χ1v) is 7.61. The smallest absolute Gasteiger partial charge is 0.288 e. The molecule has 0 spiro atoms. The summed E-state index contributed by atoms with van der Waals surface area (Å²) in [4.78, 5) is 11.7. The minimum atomic E-state index is -3.76. The fourth-order valence-corrected chi connectivity index (χ4v) is 3.07. The zero-order chi connectivity index (χ0) is 15.0. The fourth-order valence-electron chi connectivity index (χ4n) is 1.99. The molecule has 0 atom stereocenters. The average Bonchev–Trinajstić information content (AvgIpc) is 2.91. The molecular formula is C13H12N4O3S. The van der Waals surface area contributed by atoms with Crippen LogP contribution in [-0.2, 0) is 10.0 Å². The Labute approximate surface area is 120 Å². The summed E-state index contributed by atoms with van der Waals surface area (Å²) in [5.74, 6) is 0.491. The highest BCUT2D eigenvalue weighted by Gasteiger charge is 2.18. The van der Waals surface area contributed by atoms with Crippen molar-refractivity contribution in [1.82, 2.24) is 14.6 Å². The number of nitrogens with one attached hydrogen (secondary N) is 2. The predicted molar refractivity (Wildman–Crippen MR) is 77.8 cm³/mol. The van der Waals surface area contributed by atoms with Crippen molar-refractivity contribution in [3.05, 3.63) is 58.8 Å². The second kappa shape index (κ2) is 4.74. The summed E-state index contributed by atoms with van der Waals surface area (Å²) in [6.07, 6.45) is 1.37. The first kappa shape index (κ1) is 13.4. The van der Waals surface area contributed by atoms with Crippen LogP contribution in [0.2, 0.25) is 0 Å². The lowest BCUT2D eigenvalue weighted by atomic mass is 10.3. The quantitative estimate of drug-likeness (QED) is 0.758. The predicted octanol–water partition coefficient (Wildman–Crippen LogP) is 1.13. The van der Waals surface area contributed by atoms with Crippen molar-refractivity contribution in [3.63, 3.8) is 0 Å². The SMILES string of the molecule is Cc1n[nH]c(=O)c2cc(S(=O)(=O)Nc3ccccc3)cn12. The molecule has 0 saturated heterocycles. The van der Waals surface area contributed by atoms with Crippen LogP contribution in [0.3, 0.4) is 0 Å². The minimum absolute atomic E-state index is 0.00736. The second-order valence-electron chi connectivity index (χ2n) is 4.50. The van der Waals surface area contributed by atoms with Crippen LogP contribution in [0, 0.1) is 6.92 Å². The molecule has 0 saturated carbocycles. The van der Waals surface area contributed by atoms with E-state index >= 15 is 0 Å². The van der Waals surface area contributed by atoms with Crippen molar-refractivity contribution in [2.24, 2.45) is 0 Å². The van der Waals surface area contributed by atoms with Gasteiger partial charge in [-0.1, -0.05) is 18.2 Å². The van der Waals surface area contributed by atoms with Crippen LogP contribution in [0.5, 0.6) is 0 Å². The number of hydrogen-bond acceptors (Lipinski definition) is 4. The Bertz CT molecular complexity index is 958. The summed E-state index contributed by atoms with van der Waals surface area (Å²) in [6.45, 7) is 1.67. The van der Waals surface area contributed by atoms with E-state index in [0.717, 1.165) is 0 Å². The molecule has 2 aromatic heterocycles. The maximum Gasteiger partial charge on any atom is 0.288 e. The first-order valence-electron chi connectivity index (χ1n) is 6.13. The number of para-hydroxylation sites is 1. The zero-order valence-electron chi connectivity index (χ0n) is 11.1. The van der Waals surface area contributed by atoms with Gasteiger partial charge in [0.05, 0.1) is 0 Å². The third-order valence-corrected chi connectivity index (χ3v) is 4.38. The van der Waals surface area contributed by atoms with E-state index in [4.69, 9.17) is 0 Å². The standard InChI is InChI=1S/C13H12N4O3S/c1-9-14-15-13(18)12-7-11(8-17(9)12)21(19,20)16-10-5-3-2-4-6-10/h2-8,16H,1H3,(H,15,18). The van der Waals surface area contributed by atoms with Crippen molar-refractivity contribution in [2.75, 3.05) is 4.72 Å². The first-order chi connectivity index (χ1) is 9.97. The van der Waals surface area contributed by atoms with Gasteiger partial charge in [-0.15, -0.1) is 0 Å². The van der Waals surface area contributed by atoms with Gasteiger partial charge < -0.3 is 0 Å². The van der Waals surface area contributed by atoms with E-state index in [1.165, 1.54) is 16.7 Å². The molecule has 3 rings (SSSR count). The van der Waals surface area contributed by atoms with Gasteiger partial charge in [-0.25, -0.2) is 13.5 Å². The van der Waals surface area contributed by atoms with Crippen molar-refractivity contribution in [3.8, 4) is 0 Å². The van der Waals surface area contributed by atoms with E-state index < -0.39 is 15.6 Å². The number of aromatic amines is 1. The highest BCUT2D eigenvalue weighted by molar-refractivity contribution is 7.92. The molecule has 0 bridgehead atoms. The minimum Gasteiger partial charge on any atom is -0.298 e. The Morgan fingerprint density at radius 3 is 2.62 bits per heavy atom. The van der Waals surface area contributed by atoms with E-state index in [-0.39, 0.29) is 10.4 Å². The van der Waals surface area contributed by atoms with Crippen LogP contribution in [0.15, 0.2) is 52.3 Å². The molecule has 0 aliphatic rings. The molecule has 3 aromatic rings. The van der Waals surface area contributed by atoms with E-state index in [1.54, 1.807) is 37.3 Å². The monoisotopic (exact) mass is 304 g/mol. The largest absolute Gasteiger partial charge is 0.298 e. The van der Waals surface area contributed by atoms with Crippen molar-refractivity contribution < 1.29 is 8.42 Å². The summed E-state index contributed by atoms with van der Waals surface area (Å²) in [5.41, 5.74) is 0.245. The molecular weight excluding hydrogens is 292 g/mol. The van der Waals surface area contributed by atoms with Gasteiger partial charge in [0.25, 0.3) is 15.6 Å². The molecule has 0 aliphatic carbocycles. The number of benzene rings is 1. The summed E-state index contributed by atoms with van der Waals surface area (Å²) in [7, 11) is -3.76. The molecule has 21 heavy (non-hydrogen) atoms. The van der Waals surface area contributed by atoms with Crippen molar-refractivity contribution >= 4 is 21.2 Å². The Balaban J connectivity index is 2.10. The lowest BCUT2D eigenvalue weighted by molar-refractivity contribution is 0.601. The van der Waals surface area contributed by atoms with Gasteiger partial charge in [0.1, 0.15) is 16.2 Å². The fraction of sp³-hybridized carbons (Fsp3) is 0.0769. The molecule has 0 aliphatic heterocycles. The van der Waals surface area contributed by atoms with E-state index in [2.05, 4.69) is 14.9 Å². The van der Waals surface area contributed by atoms with Gasteiger partial charge in [-0.3, -0.25) is 13.9 Å². The molecule has 8 heteroatoms. The number of aryl methyl sites for hydroxylation is 1. The molecule has 0 amide bonds. The van der Waals surface area contributed by atoms with Gasteiger partial charge >= 0.3 is 0 Å². The third-order valence-electron chi connectivity index (χ3n) is 3.03. The number of anilines is 1. The molecule has 7 nitrogen and oxygen atoms in total. The highest BCUT2D eigenvalue weighted by atomic mass is 32.2. The van der Waals surface area contributed by atoms with E-state index in [9.17, 15) is 13.2 Å². The highest BCUT2D eigenvalue weighted by Crippen LogP contribution is 2.17. The summed E-state index contributed by atoms with van der Waals surface area (Å²) < 4.78 is 28.6. The van der Waals surface area contributed by atoms with Crippen LogP contribution in [0.25, 0.3) is 5.52 Å². The zero-order valence-corrected chi connectivity index (χ0v) is 11.9. The summed E-state index contributed by atoms with van der Waals surface area (Å²) in [6, 6.07) is 9.86. The Kier molecular flexibility index (Phi) is 3.02. The number of sulfonamides is 1. The third kappa shape index (κ3) is 2.40. The second-order valence-corrected chi connectivity index (χ2v) is 6.18. The van der Waals surface area contributed by atoms with Crippen LogP contribution in [0.4, 0.5) is 5.69 Å². The van der Waals surface area contributed by atoms with Gasteiger partial charge in [-0.2, -0.15) is 5.10 Å². The topological polar surface area (TPSA) is 96.3 Å². The Morgan fingerprint density at radius 1 is 1.24 bits per heavy atom. The molecule has 2 N–H and O–H groups in total. The van der Waals surface area contributed by atoms with Gasteiger partial charge in [0.15, 0.2) is 0 Å². The maximum atomic E-state index is 12.3. The molecule has 2 heterocycles. The number of hydrogen-bond donors (Lipinski definition) is 2. The van der Waals surface area contributed by atoms with E-state index in [0.29, 0.717) is 11.5 Å². The van der Waals surface area contributed by atoms with Gasteiger partial charge in [0.2, 0.25) is 0 Å².